The van der Waals surface area contributed by atoms with Gasteiger partial charge in [0.1, 0.15) is 11.5 Å². The molecule has 1 fully saturated rings. The van der Waals surface area contributed by atoms with Crippen LogP contribution in [0.3, 0.4) is 0 Å². The lowest BCUT2D eigenvalue weighted by Gasteiger charge is -2.34. The van der Waals surface area contributed by atoms with Gasteiger partial charge in [-0.3, -0.25) is 9.69 Å². The molecule has 0 unspecified atom stereocenters. The van der Waals surface area contributed by atoms with E-state index >= 15 is 0 Å². The van der Waals surface area contributed by atoms with Crippen molar-refractivity contribution in [1.82, 2.24) is 14.9 Å². The monoisotopic (exact) mass is 441 g/mol. The molecule has 0 spiro atoms. The number of esters is 1. The van der Waals surface area contributed by atoms with Gasteiger partial charge >= 0.3 is 5.97 Å². The fourth-order valence-electron chi connectivity index (χ4n) is 3.71. The molecule has 9 heteroatoms. The van der Waals surface area contributed by atoms with Crippen LogP contribution in [0.25, 0.3) is 10.9 Å². The molecule has 4 rings (SSSR count). The number of benzene rings is 1. The lowest BCUT2D eigenvalue weighted by Crippen LogP contribution is -2.48. The Kier molecular flexibility index (Phi) is 6.39. The molecule has 2 N–H and O–H groups in total. The molecule has 0 saturated carbocycles. The third-order valence-electron chi connectivity index (χ3n) is 5.22. The van der Waals surface area contributed by atoms with Gasteiger partial charge in [0.05, 0.1) is 18.8 Å². The number of fused-ring (bicyclic) bond motifs is 1. The Bertz CT molecular complexity index is 1080. The van der Waals surface area contributed by atoms with Gasteiger partial charge in [-0.2, -0.15) is 0 Å². The molecule has 0 radical (unpaired) electrons. The Hall–Kier alpha value is -3.10. The van der Waals surface area contributed by atoms with Crippen LogP contribution in [0, 0.1) is 0 Å². The van der Waals surface area contributed by atoms with Crippen LogP contribution in [-0.4, -0.2) is 66.1 Å². The first kappa shape index (κ1) is 21.1. The quantitative estimate of drug-likeness (QED) is 0.571. The number of nitrogens with one attached hydrogen (secondary N) is 2. The zero-order valence-electron chi connectivity index (χ0n) is 17.2. The number of pyridine rings is 1. The van der Waals surface area contributed by atoms with Crippen LogP contribution in [0.15, 0.2) is 42.6 Å². The first-order valence-electron chi connectivity index (χ1n) is 10.2. The average Bonchev–Trinajstić information content (AvgIpc) is 3.12. The van der Waals surface area contributed by atoms with Gasteiger partial charge in [0, 0.05) is 48.3 Å². The summed E-state index contributed by atoms with van der Waals surface area (Å²) < 4.78 is 5.14. The Morgan fingerprint density at radius 1 is 1.19 bits per heavy atom. The van der Waals surface area contributed by atoms with E-state index in [1.165, 1.54) is 0 Å². The Morgan fingerprint density at radius 2 is 2.00 bits per heavy atom. The maximum Gasteiger partial charge on any atom is 0.356 e. The number of aromatic amines is 1. The number of H-pyrrole nitrogens is 1. The number of ether oxygens (including phenoxy) is 1. The second kappa shape index (κ2) is 9.36. The van der Waals surface area contributed by atoms with Crippen LogP contribution in [0.1, 0.15) is 17.4 Å². The van der Waals surface area contributed by atoms with Crippen LogP contribution < -0.4 is 10.2 Å². The van der Waals surface area contributed by atoms with Gasteiger partial charge in [-0.1, -0.05) is 17.7 Å². The summed E-state index contributed by atoms with van der Waals surface area (Å²) in [4.78, 5) is 36.9. The highest BCUT2D eigenvalue weighted by atomic mass is 35.5. The summed E-state index contributed by atoms with van der Waals surface area (Å²) >= 11 is 6.14. The summed E-state index contributed by atoms with van der Waals surface area (Å²) in [5.41, 5.74) is 1.31. The molecule has 3 heterocycles. The minimum atomic E-state index is -0.519. The molecule has 1 aliphatic rings. The number of aromatic nitrogens is 2. The summed E-state index contributed by atoms with van der Waals surface area (Å²) in [5, 5.41) is 4.08. The second-order valence-electron chi connectivity index (χ2n) is 7.28. The zero-order valence-corrected chi connectivity index (χ0v) is 18.0. The molecule has 2 aromatic heterocycles. The van der Waals surface area contributed by atoms with Gasteiger partial charge in [-0.05, 0) is 37.3 Å². The molecular formula is C22H24ClN5O3. The lowest BCUT2D eigenvalue weighted by molar-refractivity contribution is -0.117. The predicted octanol–water partition coefficient (Wildman–Crippen LogP) is 3.15. The van der Waals surface area contributed by atoms with E-state index < -0.39 is 5.97 Å². The molecule has 162 valence electrons. The maximum atomic E-state index is 12.8. The van der Waals surface area contributed by atoms with E-state index in [2.05, 4.69) is 25.1 Å². The summed E-state index contributed by atoms with van der Waals surface area (Å²) in [6, 6.07) is 11.1. The predicted molar refractivity (Wildman–Crippen MR) is 121 cm³/mol. The molecular weight excluding hydrogens is 418 g/mol. The van der Waals surface area contributed by atoms with E-state index in [0.29, 0.717) is 21.6 Å². The molecule has 1 amide bonds. The summed E-state index contributed by atoms with van der Waals surface area (Å²) in [6.07, 6.45) is 1.78. The van der Waals surface area contributed by atoms with Gasteiger partial charge in [0.15, 0.2) is 0 Å². The summed E-state index contributed by atoms with van der Waals surface area (Å²) in [5.74, 6) is 0.230. The van der Waals surface area contributed by atoms with Crippen molar-refractivity contribution < 1.29 is 14.3 Å². The van der Waals surface area contributed by atoms with Crippen LogP contribution in [0.5, 0.6) is 0 Å². The van der Waals surface area contributed by atoms with Gasteiger partial charge < -0.3 is 19.9 Å². The number of hydrogen-bond acceptors (Lipinski definition) is 6. The summed E-state index contributed by atoms with van der Waals surface area (Å²) in [6.45, 7) is 5.28. The fourth-order valence-corrected chi connectivity index (χ4v) is 3.88. The second-order valence-corrected chi connectivity index (χ2v) is 7.72. The maximum absolute atomic E-state index is 12.8. The van der Waals surface area contributed by atoms with Crippen molar-refractivity contribution >= 4 is 45.9 Å². The largest absolute Gasteiger partial charge is 0.461 e. The number of nitrogens with zero attached hydrogens (tertiary/aromatic N) is 3. The molecule has 1 saturated heterocycles. The number of hydrogen-bond donors (Lipinski definition) is 2. The van der Waals surface area contributed by atoms with E-state index in [9.17, 15) is 9.59 Å². The Labute approximate surface area is 185 Å². The van der Waals surface area contributed by atoms with E-state index in [0.717, 1.165) is 32.0 Å². The number of halogens is 1. The molecule has 3 aromatic rings. The summed E-state index contributed by atoms with van der Waals surface area (Å²) in [7, 11) is 0. The van der Waals surface area contributed by atoms with Crippen LogP contribution in [0.4, 0.5) is 11.5 Å². The highest BCUT2D eigenvalue weighted by Gasteiger charge is 2.23. The molecule has 1 aliphatic heterocycles. The van der Waals surface area contributed by atoms with Crippen molar-refractivity contribution in [2.45, 2.75) is 6.92 Å². The molecule has 31 heavy (non-hydrogen) atoms. The van der Waals surface area contributed by atoms with Crippen LogP contribution >= 0.6 is 11.6 Å². The van der Waals surface area contributed by atoms with Gasteiger partial charge in [-0.15, -0.1) is 0 Å². The topological polar surface area (TPSA) is 90.6 Å². The molecule has 8 nitrogen and oxygen atoms in total. The lowest BCUT2D eigenvalue weighted by atomic mass is 10.2. The van der Waals surface area contributed by atoms with Gasteiger partial charge in [0.2, 0.25) is 5.91 Å². The smallest absolute Gasteiger partial charge is 0.356 e. The Morgan fingerprint density at radius 3 is 2.71 bits per heavy atom. The fraction of sp³-hybridized carbons (Fsp3) is 0.318. The highest BCUT2D eigenvalue weighted by molar-refractivity contribution is 6.31. The average molecular weight is 442 g/mol. The van der Waals surface area contributed by atoms with Gasteiger partial charge in [-0.25, -0.2) is 9.78 Å². The number of amides is 1. The first-order valence-corrected chi connectivity index (χ1v) is 10.6. The number of carbonyl (C=O) groups is 2. The van der Waals surface area contributed by atoms with Crippen molar-refractivity contribution in [2.75, 3.05) is 49.5 Å². The van der Waals surface area contributed by atoms with Crippen molar-refractivity contribution in [3.63, 3.8) is 0 Å². The Balaban J connectivity index is 1.44. The van der Waals surface area contributed by atoms with E-state index in [1.807, 2.05) is 18.2 Å². The van der Waals surface area contributed by atoms with E-state index in [4.69, 9.17) is 16.3 Å². The third kappa shape index (κ3) is 4.81. The van der Waals surface area contributed by atoms with E-state index in [1.54, 1.807) is 31.3 Å². The molecule has 0 atom stereocenters. The van der Waals surface area contributed by atoms with Gasteiger partial charge in [0.25, 0.3) is 0 Å². The van der Waals surface area contributed by atoms with Crippen molar-refractivity contribution in [3.05, 3.63) is 53.3 Å². The number of anilines is 2. The molecule has 1 aromatic carbocycles. The first-order chi connectivity index (χ1) is 15.0. The van der Waals surface area contributed by atoms with Crippen molar-refractivity contribution in [3.8, 4) is 0 Å². The molecule has 0 aliphatic carbocycles. The standard InChI is InChI=1S/C22H24ClN5O3/c1-2-31-22(30)21-20(16-13-15(23)6-7-17(16)25-21)26-19(29)14-27-9-11-28(12-10-27)18-5-3-4-8-24-18/h3-8,13,25H,2,9-12,14H2,1H3,(H,26,29). The normalized spacial score (nSPS) is 14.6. The SMILES string of the molecule is CCOC(=O)c1[nH]c2ccc(Cl)cc2c1NC(=O)CN1CCN(c2ccccn2)CC1. The van der Waals surface area contributed by atoms with E-state index in [-0.39, 0.29) is 24.8 Å². The third-order valence-corrected chi connectivity index (χ3v) is 5.45. The van der Waals surface area contributed by atoms with Crippen molar-refractivity contribution in [1.29, 1.82) is 0 Å². The van der Waals surface area contributed by atoms with Crippen LogP contribution in [-0.2, 0) is 9.53 Å². The minimum absolute atomic E-state index is 0.197. The minimum Gasteiger partial charge on any atom is -0.461 e. The zero-order chi connectivity index (χ0) is 21.8. The number of piperazine rings is 1. The van der Waals surface area contributed by atoms with Crippen molar-refractivity contribution in [2.24, 2.45) is 0 Å². The molecule has 0 bridgehead atoms. The number of carbonyl (C=O) groups excluding carboxylic acids is 2. The van der Waals surface area contributed by atoms with Crippen LogP contribution in [0.2, 0.25) is 5.02 Å². The number of rotatable bonds is 6. The highest BCUT2D eigenvalue weighted by Crippen LogP contribution is 2.30.